The van der Waals surface area contributed by atoms with Crippen LogP contribution in [0.2, 0.25) is 0 Å². The third kappa shape index (κ3) is 3.23. The zero-order chi connectivity index (χ0) is 26.0. The number of carbonyl (C=O) groups is 4. The maximum atomic E-state index is 13.5. The number of likely N-dealkylation sites (tertiary alicyclic amines) is 2. The van der Waals surface area contributed by atoms with Crippen molar-refractivity contribution >= 4 is 46.8 Å². The summed E-state index contributed by atoms with van der Waals surface area (Å²) < 4.78 is 5.47. The molecule has 6 unspecified atom stereocenters. The number of ether oxygens (including phenoxy) is 1. The lowest BCUT2D eigenvalue weighted by Crippen LogP contribution is -2.60. The highest BCUT2D eigenvalue weighted by molar-refractivity contribution is 6.53. The third-order valence-corrected chi connectivity index (χ3v) is 9.54. The van der Waals surface area contributed by atoms with Crippen molar-refractivity contribution in [3.8, 4) is 5.75 Å². The second-order valence-electron chi connectivity index (χ2n) is 9.97. The molecule has 2 saturated heterocycles. The molecule has 4 amide bonds. The van der Waals surface area contributed by atoms with Crippen molar-refractivity contribution in [1.29, 1.82) is 0 Å². The van der Waals surface area contributed by atoms with Crippen LogP contribution in [0.25, 0.3) is 0 Å². The van der Waals surface area contributed by atoms with Gasteiger partial charge in [0.2, 0.25) is 11.8 Å². The Morgan fingerprint density at radius 1 is 1.06 bits per heavy atom. The van der Waals surface area contributed by atoms with E-state index in [2.05, 4.69) is 0 Å². The van der Waals surface area contributed by atoms with Crippen LogP contribution in [0.1, 0.15) is 37.7 Å². The molecule has 1 saturated carbocycles. The van der Waals surface area contributed by atoms with Gasteiger partial charge in [-0.3, -0.25) is 29.0 Å². The number of nitrogens with zero attached hydrogens (tertiary/aromatic N) is 2. The standard InChI is InChI=1S/C26H28Cl2N2O6/c1-3-10-30-21(32)17-9-8-16-18(19(17)22(30)33)13-25(27)23(34)29(2)24(35)26(25,28)20(16)14-4-6-15(7-5-14)36-12-11-31/h4-8,17-20,31H,3,9-13H2,1-2H3. The van der Waals surface area contributed by atoms with E-state index in [0.717, 1.165) is 10.5 Å². The normalized spacial score (nSPS) is 35.5. The highest BCUT2D eigenvalue weighted by atomic mass is 35.5. The molecule has 1 N–H and O–H groups in total. The number of amides is 4. The predicted molar refractivity (Wildman–Crippen MR) is 132 cm³/mol. The number of fused-ring (bicyclic) bond motifs is 4. The highest BCUT2D eigenvalue weighted by Gasteiger charge is 2.75. The number of hydrogen-bond donors (Lipinski definition) is 1. The van der Waals surface area contributed by atoms with E-state index in [-0.39, 0.29) is 31.4 Å². The molecule has 4 aliphatic rings. The lowest BCUT2D eigenvalue weighted by molar-refractivity contribution is -0.141. The number of carbonyl (C=O) groups excluding carboxylic acids is 4. The maximum absolute atomic E-state index is 13.5. The van der Waals surface area contributed by atoms with Gasteiger partial charge in [-0.2, -0.15) is 0 Å². The number of allylic oxidation sites excluding steroid dienone is 2. The Morgan fingerprint density at radius 2 is 1.75 bits per heavy atom. The van der Waals surface area contributed by atoms with Crippen molar-refractivity contribution < 1.29 is 29.0 Å². The quantitative estimate of drug-likeness (QED) is 0.341. The Hall–Kier alpha value is -2.42. The van der Waals surface area contributed by atoms with Crippen LogP contribution in [0.4, 0.5) is 0 Å². The molecule has 1 aromatic rings. The number of aliphatic hydroxyl groups is 1. The number of benzene rings is 1. The number of imide groups is 2. The van der Waals surface area contributed by atoms with Crippen molar-refractivity contribution in [2.24, 2.45) is 17.8 Å². The van der Waals surface area contributed by atoms with Gasteiger partial charge in [-0.05, 0) is 42.9 Å². The van der Waals surface area contributed by atoms with Crippen LogP contribution < -0.4 is 4.74 Å². The lowest BCUT2D eigenvalue weighted by Gasteiger charge is -2.50. The molecular formula is C26H28Cl2N2O6. The average molecular weight is 535 g/mol. The van der Waals surface area contributed by atoms with Crippen molar-refractivity contribution in [3.63, 3.8) is 0 Å². The van der Waals surface area contributed by atoms with E-state index in [0.29, 0.717) is 30.7 Å². The molecule has 1 aromatic carbocycles. The van der Waals surface area contributed by atoms with Crippen molar-refractivity contribution in [2.45, 2.75) is 41.9 Å². The van der Waals surface area contributed by atoms with Gasteiger partial charge in [0.05, 0.1) is 18.4 Å². The minimum Gasteiger partial charge on any atom is -0.491 e. The van der Waals surface area contributed by atoms with Crippen LogP contribution in [-0.2, 0) is 19.2 Å². The van der Waals surface area contributed by atoms with Crippen molar-refractivity contribution in [3.05, 3.63) is 41.5 Å². The Balaban J connectivity index is 1.64. The fourth-order valence-electron chi connectivity index (χ4n) is 6.55. The van der Waals surface area contributed by atoms with Gasteiger partial charge in [0.1, 0.15) is 12.4 Å². The fraction of sp³-hybridized carbons (Fsp3) is 0.538. The van der Waals surface area contributed by atoms with Crippen molar-refractivity contribution in [1.82, 2.24) is 9.80 Å². The van der Waals surface area contributed by atoms with Crippen molar-refractivity contribution in [2.75, 3.05) is 26.8 Å². The zero-order valence-electron chi connectivity index (χ0n) is 20.1. The molecule has 192 valence electrons. The van der Waals surface area contributed by atoms with Crippen LogP contribution in [0, 0.1) is 17.8 Å². The topological polar surface area (TPSA) is 104 Å². The summed E-state index contributed by atoms with van der Waals surface area (Å²) in [4.78, 5) is 52.2. The summed E-state index contributed by atoms with van der Waals surface area (Å²) in [5.74, 6) is -3.56. The number of hydrogen-bond acceptors (Lipinski definition) is 6. The highest BCUT2D eigenvalue weighted by Crippen LogP contribution is 2.65. The molecule has 3 fully saturated rings. The lowest BCUT2D eigenvalue weighted by atomic mass is 9.56. The molecule has 0 radical (unpaired) electrons. The summed E-state index contributed by atoms with van der Waals surface area (Å²) in [5, 5.41) is 9.03. The first-order valence-corrected chi connectivity index (χ1v) is 13.0. The predicted octanol–water partition coefficient (Wildman–Crippen LogP) is 2.46. The van der Waals surface area contributed by atoms with Gasteiger partial charge < -0.3 is 9.84 Å². The van der Waals surface area contributed by atoms with Gasteiger partial charge in [-0.1, -0.05) is 30.7 Å². The molecule has 36 heavy (non-hydrogen) atoms. The molecule has 8 nitrogen and oxygen atoms in total. The summed E-state index contributed by atoms with van der Waals surface area (Å²) in [5.41, 5.74) is 1.42. The summed E-state index contributed by atoms with van der Waals surface area (Å²) >= 11 is 14.2. The Morgan fingerprint density at radius 3 is 2.39 bits per heavy atom. The number of rotatable bonds is 6. The van der Waals surface area contributed by atoms with E-state index < -0.39 is 45.2 Å². The number of alkyl halides is 2. The third-order valence-electron chi connectivity index (χ3n) is 8.13. The van der Waals surface area contributed by atoms with E-state index in [1.165, 1.54) is 11.9 Å². The van der Waals surface area contributed by atoms with E-state index in [1.807, 2.05) is 13.0 Å². The molecule has 6 atom stereocenters. The zero-order valence-corrected chi connectivity index (χ0v) is 21.6. The molecule has 0 spiro atoms. The monoisotopic (exact) mass is 534 g/mol. The first-order chi connectivity index (χ1) is 17.1. The minimum atomic E-state index is -1.79. The van der Waals surface area contributed by atoms with Crippen LogP contribution in [-0.4, -0.2) is 75.1 Å². The minimum absolute atomic E-state index is 0.00680. The molecule has 10 heteroatoms. The van der Waals surface area contributed by atoms with E-state index >= 15 is 0 Å². The van der Waals surface area contributed by atoms with Gasteiger partial charge in [-0.25, -0.2) is 0 Å². The summed E-state index contributed by atoms with van der Waals surface area (Å²) in [6.07, 6.45) is 2.92. The second-order valence-corrected chi connectivity index (χ2v) is 11.2. The summed E-state index contributed by atoms with van der Waals surface area (Å²) in [6, 6.07) is 6.93. The van der Waals surface area contributed by atoms with Crippen LogP contribution >= 0.6 is 23.2 Å². The van der Waals surface area contributed by atoms with Gasteiger partial charge >= 0.3 is 0 Å². The number of aliphatic hydroxyl groups excluding tert-OH is 1. The van der Waals surface area contributed by atoms with Gasteiger partial charge in [0.15, 0.2) is 9.75 Å². The Kier molecular flexibility index (Phi) is 6.21. The molecule has 0 aromatic heterocycles. The van der Waals surface area contributed by atoms with Crippen LogP contribution in [0.3, 0.4) is 0 Å². The first kappa shape index (κ1) is 25.2. The van der Waals surface area contributed by atoms with Gasteiger partial charge in [0.25, 0.3) is 11.8 Å². The van der Waals surface area contributed by atoms with Gasteiger partial charge in [0, 0.05) is 19.5 Å². The smallest absolute Gasteiger partial charge is 0.253 e. The molecular weight excluding hydrogens is 507 g/mol. The SMILES string of the molecule is CCCN1C(=O)C2CC=C3C(CC4(Cl)C(=O)N(C)C(=O)C4(Cl)C3c3ccc(OCCO)cc3)C2C1=O. The largest absolute Gasteiger partial charge is 0.491 e. The summed E-state index contributed by atoms with van der Waals surface area (Å²) in [6.45, 7) is 2.25. The molecule has 2 aliphatic heterocycles. The fourth-order valence-corrected chi connectivity index (χ4v) is 7.57. The van der Waals surface area contributed by atoms with E-state index in [9.17, 15) is 19.2 Å². The Labute approximate surface area is 219 Å². The average Bonchev–Trinajstić information content (AvgIpc) is 3.18. The van der Waals surface area contributed by atoms with Gasteiger partial charge in [-0.15, -0.1) is 23.2 Å². The summed E-state index contributed by atoms with van der Waals surface area (Å²) in [7, 11) is 1.37. The van der Waals surface area contributed by atoms with E-state index in [1.54, 1.807) is 24.3 Å². The first-order valence-electron chi connectivity index (χ1n) is 12.2. The van der Waals surface area contributed by atoms with Crippen LogP contribution in [0.5, 0.6) is 5.75 Å². The molecule has 2 aliphatic carbocycles. The molecule has 5 rings (SSSR count). The maximum Gasteiger partial charge on any atom is 0.253 e. The molecule has 2 heterocycles. The second kappa shape index (κ2) is 8.85. The molecule has 0 bridgehead atoms. The Bertz CT molecular complexity index is 1170. The van der Waals surface area contributed by atoms with E-state index in [4.69, 9.17) is 33.0 Å². The number of halogens is 2. The van der Waals surface area contributed by atoms with Crippen LogP contribution in [0.15, 0.2) is 35.9 Å².